The van der Waals surface area contributed by atoms with Crippen molar-refractivity contribution < 1.29 is 13.9 Å². The number of fused-ring (bicyclic) bond motifs is 1. The van der Waals surface area contributed by atoms with Gasteiger partial charge in [-0.3, -0.25) is 9.78 Å². The molecule has 1 aliphatic carbocycles. The van der Waals surface area contributed by atoms with Gasteiger partial charge in [0.2, 0.25) is 5.91 Å². The standard InChI is InChI=1S/C25H25FN2O2/c1-16-20-4-2-3-5-23(20)27-15-21(16)18-8-9-24(22(26)14-18)30-19-10-12-28(13-11-19)25(29)17-6-7-17/h2-5,8-9,14-15,17,19H,6-7,10-13H2,1H3. The molecule has 1 amide bonds. The molecule has 0 unspecified atom stereocenters. The Morgan fingerprint density at radius 1 is 1.10 bits per heavy atom. The summed E-state index contributed by atoms with van der Waals surface area (Å²) in [5.74, 6) is 0.442. The minimum absolute atomic E-state index is 0.0577. The van der Waals surface area contributed by atoms with Gasteiger partial charge in [0.25, 0.3) is 0 Å². The van der Waals surface area contributed by atoms with E-state index in [0.717, 1.165) is 53.3 Å². The molecule has 30 heavy (non-hydrogen) atoms. The van der Waals surface area contributed by atoms with Crippen LogP contribution in [0.25, 0.3) is 22.0 Å². The van der Waals surface area contributed by atoms with Crippen molar-refractivity contribution in [1.82, 2.24) is 9.88 Å². The molecule has 5 heteroatoms. The second-order valence-electron chi connectivity index (χ2n) is 8.38. The highest BCUT2D eigenvalue weighted by molar-refractivity contribution is 5.88. The van der Waals surface area contributed by atoms with E-state index >= 15 is 0 Å². The quantitative estimate of drug-likeness (QED) is 0.605. The number of para-hydroxylation sites is 1. The Morgan fingerprint density at radius 3 is 2.60 bits per heavy atom. The summed E-state index contributed by atoms with van der Waals surface area (Å²) in [5.41, 5.74) is 3.73. The highest BCUT2D eigenvalue weighted by atomic mass is 19.1. The summed E-state index contributed by atoms with van der Waals surface area (Å²) in [6.07, 6.45) is 5.29. The number of benzene rings is 2. The normalized spacial score (nSPS) is 17.3. The number of aromatic nitrogens is 1. The van der Waals surface area contributed by atoms with Crippen LogP contribution in [-0.2, 0) is 4.79 Å². The number of hydrogen-bond donors (Lipinski definition) is 0. The molecule has 4 nitrogen and oxygen atoms in total. The number of carbonyl (C=O) groups is 1. The summed E-state index contributed by atoms with van der Waals surface area (Å²) in [7, 11) is 0. The third-order valence-corrected chi connectivity index (χ3v) is 6.26. The van der Waals surface area contributed by atoms with E-state index in [4.69, 9.17) is 4.74 Å². The monoisotopic (exact) mass is 404 g/mol. The van der Waals surface area contributed by atoms with Gasteiger partial charge in [0, 0.05) is 49.0 Å². The van der Waals surface area contributed by atoms with E-state index in [0.29, 0.717) is 13.1 Å². The zero-order valence-electron chi connectivity index (χ0n) is 17.1. The molecule has 1 aliphatic heterocycles. The van der Waals surface area contributed by atoms with E-state index in [9.17, 15) is 9.18 Å². The van der Waals surface area contributed by atoms with Gasteiger partial charge in [0.1, 0.15) is 6.10 Å². The van der Waals surface area contributed by atoms with Crippen molar-refractivity contribution >= 4 is 16.8 Å². The van der Waals surface area contributed by atoms with Gasteiger partial charge in [-0.15, -0.1) is 0 Å². The van der Waals surface area contributed by atoms with Crippen LogP contribution in [0.4, 0.5) is 4.39 Å². The van der Waals surface area contributed by atoms with Gasteiger partial charge in [-0.05, 0) is 49.1 Å². The Hall–Kier alpha value is -2.95. The lowest BCUT2D eigenvalue weighted by Gasteiger charge is -2.32. The van der Waals surface area contributed by atoms with Crippen molar-refractivity contribution in [3.63, 3.8) is 0 Å². The molecule has 1 aromatic heterocycles. The van der Waals surface area contributed by atoms with Gasteiger partial charge in [-0.1, -0.05) is 24.3 Å². The SMILES string of the molecule is Cc1c(-c2ccc(OC3CCN(C(=O)C4CC4)CC3)c(F)c2)cnc2ccccc12. The number of carbonyl (C=O) groups excluding carboxylic acids is 1. The Labute approximate surface area is 175 Å². The molecule has 0 radical (unpaired) electrons. The van der Waals surface area contributed by atoms with Crippen molar-refractivity contribution in [2.24, 2.45) is 5.92 Å². The van der Waals surface area contributed by atoms with Crippen LogP contribution in [0.2, 0.25) is 0 Å². The number of nitrogens with zero attached hydrogens (tertiary/aromatic N) is 2. The fourth-order valence-electron chi connectivity index (χ4n) is 4.30. The number of likely N-dealkylation sites (tertiary alicyclic amines) is 1. The number of aryl methyl sites for hydroxylation is 1. The molecule has 2 aromatic carbocycles. The van der Waals surface area contributed by atoms with Crippen LogP contribution in [0.3, 0.4) is 0 Å². The Morgan fingerprint density at radius 2 is 1.87 bits per heavy atom. The molecule has 1 saturated carbocycles. The number of ether oxygens (including phenoxy) is 1. The third kappa shape index (κ3) is 3.64. The van der Waals surface area contributed by atoms with Crippen molar-refractivity contribution in [1.29, 1.82) is 0 Å². The zero-order chi connectivity index (χ0) is 20.7. The summed E-state index contributed by atoms with van der Waals surface area (Å²) >= 11 is 0. The summed E-state index contributed by atoms with van der Waals surface area (Å²) in [6.45, 7) is 3.43. The van der Waals surface area contributed by atoms with Crippen molar-refractivity contribution in [2.45, 2.75) is 38.7 Å². The minimum Gasteiger partial charge on any atom is -0.487 e. The largest absolute Gasteiger partial charge is 0.487 e. The number of rotatable bonds is 4. The fraction of sp³-hybridized carbons (Fsp3) is 0.360. The molecule has 3 aromatic rings. The van der Waals surface area contributed by atoms with E-state index in [-0.39, 0.29) is 29.5 Å². The lowest BCUT2D eigenvalue weighted by atomic mass is 9.99. The van der Waals surface area contributed by atoms with Gasteiger partial charge < -0.3 is 9.64 Å². The minimum atomic E-state index is -0.364. The molecule has 0 atom stereocenters. The van der Waals surface area contributed by atoms with Gasteiger partial charge in [0.15, 0.2) is 11.6 Å². The second-order valence-corrected chi connectivity index (χ2v) is 8.38. The Bertz CT molecular complexity index is 1100. The highest BCUT2D eigenvalue weighted by Crippen LogP contribution is 2.33. The topological polar surface area (TPSA) is 42.4 Å². The van der Waals surface area contributed by atoms with Crippen molar-refractivity contribution in [3.05, 3.63) is 60.0 Å². The van der Waals surface area contributed by atoms with E-state index in [2.05, 4.69) is 4.98 Å². The molecule has 154 valence electrons. The van der Waals surface area contributed by atoms with Crippen LogP contribution in [0.15, 0.2) is 48.7 Å². The molecule has 2 fully saturated rings. The predicted octanol–water partition coefficient (Wildman–Crippen LogP) is 5.13. The van der Waals surface area contributed by atoms with Gasteiger partial charge >= 0.3 is 0 Å². The maximum absolute atomic E-state index is 14.8. The number of hydrogen-bond acceptors (Lipinski definition) is 3. The lowest BCUT2D eigenvalue weighted by molar-refractivity contribution is -0.134. The van der Waals surface area contributed by atoms with Crippen LogP contribution < -0.4 is 4.74 Å². The van der Waals surface area contributed by atoms with E-state index in [1.165, 1.54) is 6.07 Å². The van der Waals surface area contributed by atoms with Crippen molar-refractivity contribution in [2.75, 3.05) is 13.1 Å². The molecule has 0 spiro atoms. The number of amides is 1. The first-order valence-electron chi connectivity index (χ1n) is 10.7. The van der Waals surface area contributed by atoms with Crippen LogP contribution in [0.5, 0.6) is 5.75 Å². The van der Waals surface area contributed by atoms with Crippen LogP contribution >= 0.6 is 0 Å². The number of halogens is 1. The van der Waals surface area contributed by atoms with Crippen LogP contribution in [0, 0.1) is 18.7 Å². The first-order chi connectivity index (χ1) is 14.6. The molecular weight excluding hydrogens is 379 g/mol. The van der Waals surface area contributed by atoms with E-state index < -0.39 is 0 Å². The molecule has 2 aliphatic rings. The zero-order valence-corrected chi connectivity index (χ0v) is 17.1. The molecule has 1 saturated heterocycles. The number of pyridine rings is 1. The fourth-order valence-corrected chi connectivity index (χ4v) is 4.30. The summed E-state index contributed by atoms with van der Waals surface area (Å²) in [4.78, 5) is 18.6. The summed E-state index contributed by atoms with van der Waals surface area (Å²) in [5, 5.41) is 1.07. The first-order valence-corrected chi connectivity index (χ1v) is 10.7. The maximum atomic E-state index is 14.8. The Balaban J connectivity index is 1.30. The van der Waals surface area contributed by atoms with E-state index in [1.807, 2.05) is 42.2 Å². The van der Waals surface area contributed by atoms with E-state index in [1.54, 1.807) is 12.3 Å². The maximum Gasteiger partial charge on any atom is 0.225 e. The third-order valence-electron chi connectivity index (χ3n) is 6.26. The van der Waals surface area contributed by atoms with Crippen LogP contribution in [0.1, 0.15) is 31.2 Å². The number of piperidine rings is 1. The molecule has 2 heterocycles. The lowest BCUT2D eigenvalue weighted by Crippen LogP contribution is -2.42. The second kappa shape index (κ2) is 7.71. The summed E-state index contributed by atoms with van der Waals surface area (Å²) < 4.78 is 20.8. The first kappa shape index (κ1) is 19.0. The molecular formula is C25H25FN2O2. The van der Waals surface area contributed by atoms with Crippen LogP contribution in [-0.4, -0.2) is 35.0 Å². The molecule has 0 bridgehead atoms. The van der Waals surface area contributed by atoms with Gasteiger partial charge in [-0.2, -0.15) is 0 Å². The van der Waals surface area contributed by atoms with Gasteiger partial charge in [0.05, 0.1) is 5.52 Å². The summed E-state index contributed by atoms with van der Waals surface area (Å²) in [6, 6.07) is 13.1. The smallest absolute Gasteiger partial charge is 0.225 e. The van der Waals surface area contributed by atoms with Crippen molar-refractivity contribution in [3.8, 4) is 16.9 Å². The average Bonchev–Trinajstić information content (AvgIpc) is 3.61. The Kier molecular flexibility index (Phi) is 4.89. The average molecular weight is 404 g/mol. The molecule has 5 rings (SSSR count). The highest BCUT2D eigenvalue weighted by Gasteiger charge is 2.35. The molecule has 0 N–H and O–H groups in total. The predicted molar refractivity (Wildman–Crippen MR) is 115 cm³/mol. The van der Waals surface area contributed by atoms with Gasteiger partial charge in [-0.25, -0.2) is 4.39 Å².